The number of rotatable bonds is 6. The van der Waals surface area contributed by atoms with Gasteiger partial charge in [-0.2, -0.15) is 13.2 Å². The van der Waals surface area contributed by atoms with Gasteiger partial charge in [0.2, 0.25) is 5.78 Å². The topological polar surface area (TPSA) is 88.2 Å². The van der Waals surface area contributed by atoms with Crippen LogP contribution >= 0.6 is 11.6 Å². The molecule has 0 aliphatic rings. The van der Waals surface area contributed by atoms with Crippen LogP contribution in [0.2, 0.25) is 5.02 Å². The Hall–Kier alpha value is -3.11. The maximum Gasteiger partial charge on any atom is 0.416 e. The van der Waals surface area contributed by atoms with Crippen molar-refractivity contribution in [1.82, 2.24) is 4.98 Å². The molecule has 0 aliphatic heterocycles. The Labute approximate surface area is 187 Å². The van der Waals surface area contributed by atoms with Gasteiger partial charge in [-0.25, -0.2) is 13.4 Å². The van der Waals surface area contributed by atoms with Crippen molar-refractivity contribution in [3.05, 3.63) is 82.1 Å². The van der Waals surface area contributed by atoms with Crippen LogP contribution in [0, 0.1) is 6.92 Å². The lowest BCUT2D eigenvalue weighted by Crippen LogP contribution is -2.18. The summed E-state index contributed by atoms with van der Waals surface area (Å²) in [5.74, 6) is -0.601. The van der Waals surface area contributed by atoms with Crippen molar-refractivity contribution in [3.63, 3.8) is 0 Å². The Bertz CT molecular complexity index is 1290. The SMILES string of the molecule is CNc1cccc(C(=O)c2ncc(Cl)cc2NS(=O)(=O)c2ccc(C)c(C(F)(F)F)c2)c1. The zero-order valence-electron chi connectivity index (χ0n) is 16.8. The van der Waals surface area contributed by atoms with Crippen LogP contribution in [0.3, 0.4) is 0 Å². The third kappa shape index (κ3) is 5.03. The van der Waals surface area contributed by atoms with Gasteiger partial charge in [0.05, 0.1) is 21.2 Å². The molecular formula is C21H17ClF3N3O3S. The van der Waals surface area contributed by atoms with E-state index in [1.807, 2.05) is 0 Å². The highest BCUT2D eigenvalue weighted by atomic mass is 35.5. The average Bonchev–Trinajstić information content (AvgIpc) is 2.72. The molecule has 6 nitrogen and oxygen atoms in total. The number of aromatic nitrogens is 1. The van der Waals surface area contributed by atoms with Crippen LogP contribution in [-0.2, 0) is 16.2 Å². The Morgan fingerprint density at radius 3 is 2.47 bits per heavy atom. The number of ketones is 1. The molecule has 32 heavy (non-hydrogen) atoms. The molecule has 0 radical (unpaired) electrons. The molecule has 0 amide bonds. The minimum atomic E-state index is -4.73. The fourth-order valence-corrected chi connectivity index (χ4v) is 4.17. The first-order valence-corrected chi connectivity index (χ1v) is 11.0. The third-order valence-electron chi connectivity index (χ3n) is 4.55. The standard InChI is InChI=1S/C21H17ClF3N3O3S/c1-12-6-7-16(10-17(12)21(23,24)25)32(30,31)28-18-9-14(22)11-27-19(18)20(29)13-4-3-5-15(8-13)26-2/h3-11,26,28H,1-2H3. The van der Waals surface area contributed by atoms with Gasteiger partial charge < -0.3 is 5.32 Å². The number of hydrogen-bond donors (Lipinski definition) is 2. The molecule has 0 saturated carbocycles. The predicted octanol–water partition coefficient (Wildman–Crippen LogP) is 5.14. The molecule has 0 aliphatic carbocycles. The molecule has 0 atom stereocenters. The van der Waals surface area contributed by atoms with Gasteiger partial charge in [0.15, 0.2) is 0 Å². The fraction of sp³-hybridized carbons (Fsp3) is 0.143. The van der Waals surface area contributed by atoms with Crippen LogP contribution in [0.1, 0.15) is 27.2 Å². The third-order valence-corrected chi connectivity index (χ3v) is 6.12. The summed E-state index contributed by atoms with van der Waals surface area (Å²) in [5, 5.41) is 2.91. The van der Waals surface area contributed by atoms with Crippen LogP contribution in [0.4, 0.5) is 24.5 Å². The number of carbonyl (C=O) groups excluding carboxylic acids is 1. The van der Waals surface area contributed by atoms with Crippen molar-refractivity contribution < 1.29 is 26.4 Å². The highest BCUT2D eigenvalue weighted by molar-refractivity contribution is 7.92. The molecule has 168 valence electrons. The second-order valence-corrected chi connectivity index (χ2v) is 8.91. The molecule has 0 bridgehead atoms. The van der Waals surface area contributed by atoms with Crippen molar-refractivity contribution in [1.29, 1.82) is 0 Å². The molecule has 2 N–H and O–H groups in total. The summed E-state index contributed by atoms with van der Waals surface area (Å²) < 4.78 is 67.5. The van der Waals surface area contributed by atoms with Crippen LogP contribution in [0.5, 0.6) is 0 Å². The highest BCUT2D eigenvalue weighted by Crippen LogP contribution is 2.34. The van der Waals surface area contributed by atoms with Crippen molar-refractivity contribution in [2.24, 2.45) is 0 Å². The maximum atomic E-state index is 13.2. The minimum Gasteiger partial charge on any atom is -0.388 e. The summed E-state index contributed by atoms with van der Waals surface area (Å²) in [4.78, 5) is 16.3. The van der Waals surface area contributed by atoms with Gasteiger partial charge in [-0.05, 0) is 42.8 Å². The van der Waals surface area contributed by atoms with Gasteiger partial charge in [0, 0.05) is 24.5 Å². The second-order valence-electron chi connectivity index (χ2n) is 6.79. The van der Waals surface area contributed by atoms with E-state index in [4.69, 9.17) is 11.6 Å². The number of sulfonamides is 1. The number of alkyl halides is 3. The van der Waals surface area contributed by atoms with Gasteiger partial charge >= 0.3 is 6.18 Å². The van der Waals surface area contributed by atoms with Crippen molar-refractivity contribution >= 4 is 38.8 Å². The first-order valence-electron chi connectivity index (χ1n) is 9.11. The van der Waals surface area contributed by atoms with Crippen molar-refractivity contribution in [2.45, 2.75) is 18.0 Å². The van der Waals surface area contributed by atoms with Crippen LogP contribution in [-0.4, -0.2) is 26.2 Å². The number of halogens is 4. The summed E-state index contributed by atoms with van der Waals surface area (Å²) in [6, 6.07) is 10.2. The number of benzene rings is 2. The zero-order valence-corrected chi connectivity index (χ0v) is 18.4. The van der Waals surface area contributed by atoms with E-state index in [-0.39, 0.29) is 27.5 Å². The van der Waals surface area contributed by atoms with E-state index in [2.05, 4.69) is 15.0 Å². The predicted molar refractivity (Wildman–Crippen MR) is 116 cm³/mol. The van der Waals surface area contributed by atoms with Crippen molar-refractivity contribution in [2.75, 3.05) is 17.1 Å². The van der Waals surface area contributed by atoms with Gasteiger partial charge in [-0.3, -0.25) is 9.52 Å². The van der Waals surface area contributed by atoms with E-state index in [9.17, 15) is 26.4 Å². The Morgan fingerprint density at radius 2 is 1.81 bits per heavy atom. The lowest BCUT2D eigenvalue weighted by molar-refractivity contribution is -0.138. The normalized spacial score (nSPS) is 11.8. The minimum absolute atomic E-state index is 0.0307. The Balaban J connectivity index is 2.04. The monoisotopic (exact) mass is 483 g/mol. The Morgan fingerprint density at radius 1 is 1.09 bits per heavy atom. The fourth-order valence-electron chi connectivity index (χ4n) is 2.93. The van der Waals surface area contributed by atoms with E-state index in [0.29, 0.717) is 11.8 Å². The lowest BCUT2D eigenvalue weighted by Gasteiger charge is -2.15. The number of anilines is 2. The molecule has 0 saturated heterocycles. The number of nitrogens with one attached hydrogen (secondary N) is 2. The molecule has 1 aromatic heterocycles. The number of aryl methyl sites for hydroxylation is 1. The summed E-state index contributed by atoms with van der Waals surface area (Å²) in [6.07, 6.45) is -3.56. The molecule has 11 heteroatoms. The highest BCUT2D eigenvalue weighted by Gasteiger charge is 2.34. The van der Waals surface area contributed by atoms with Crippen LogP contribution in [0.15, 0.2) is 59.6 Å². The number of hydrogen-bond acceptors (Lipinski definition) is 5. The zero-order chi connectivity index (χ0) is 23.7. The quantitative estimate of drug-likeness (QED) is 0.474. The van der Waals surface area contributed by atoms with E-state index >= 15 is 0 Å². The molecule has 3 aromatic rings. The van der Waals surface area contributed by atoms with Crippen LogP contribution in [0.25, 0.3) is 0 Å². The van der Waals surface area contributed by atoms with Crippen LogP contribution < -0.4 is 10.0 Å². The van der Waals surface area contributed by atoms with E-state index < -0.39 is 32.4 Å². The Kier molecular flexibility index (Phi) is 6.47. The van der Waals surface area contributed by atoms with Gasteiger partial charge in [0.25, 0.3) is 10.0 Å². The maximum absolute atomic E-state index is 13.2. The van der Waals surface area contributed by atoms with E-state index in [1.165, 1.54) is 25.3 Å². The first-order chi connectivity index (χ1) is 14.9. The van der Waals surface area contributed by atoms with E-state index in [1.54, 1.807) is 25.2 Å². The summed E-state index contributed by atoms with van der Waals surface area (Å²) >= 11 is 5.93. The summed E-state index contributed by atoms with van der Waals surface area (Å²) in [6.45, 7) is 1.23. The molecule has 1 heterocycles. The number of carbonyl (C=O) groups is 1. The lowest BCUT2D eigenvalue weighted by atomic mass is 10.1. The summed E-state index contributed by atoms with van der Waals surface area (Å²) in [5.41, 5.74) is -0.847. The second kappa shape index (κ2) is 8.79. The number of nitrogens with zero attached hydrogens (tertiary/aromatic N) is 1. The largest absolute Gasteiger partial charge is 0.416 e. The molecule has 2 aromatic carbocycles. The van der Waals surface area contributed by atoms with Crippen molar-refractivity contribution in [3.8, 4) is 0 Å². The van der Waals surface area contributed by atoms with E-state index in [0.717, 1.165) is 12.1 Å². The molecule has 0 spiro atoms. The molecule has 0 fully saturated rings. The molecular weight excluding hydrogens is 467 g/mol. The average molecular weight is 484 g/mol. The molecule has 3 rings (SSSR count). The smallest absolute Gasteiger partial charge is 0.388 e. The molecule has 0 unspecified atom stereocenters. The van der Waals surface area contributed by atoms with Gasteiger partial charge in [-0.15, -0.1) is 0 Å². The number of pyridine rings is 1. The first kappa shape index (κ1) is 23.6. The van der Waals surface area contributed by atoms with Gasteiger partial charge in [0.1, 0.15) is 5.69 Å². The van der Waals surface area contributed by atoms with Gasteiger partial charge in [-0.1, -0.05) is 29.8 Å². The summed E-state index contributed by atoms with van der Waals surface area (Å²) in [7, 11) is -2.83.